The van der Waals surface area contributed by atoms with Crippen molar-refractivity contribution in [2.75, 3.05) is 46.7 Å². The maximum absolute atomic E-state index is 12.1. The van der Waals surface area contributed by atoms with Gasteiger partial charge in [0.15, 0.2) is 0 Å². The van der Waals surface area contributed by atoms with Crippen LogP contribution in [0.4, 0.5) is 0 Å². The van der Waals surface area contributed by atoms with Crippen LogP contribution in [0.3, 0.4) is 0 Å². The van der Waals surface area contributed by atoms with Gasteiger partial charge in [0, 0.05) is 26.7 Å². The van der Waals surface area contributed by atoms with Crippen molar-refractivity contribution in [1.82, 2.24) is 9.03 Å². The minimum Gasteiger partial charge on any atom is -0.497 e. The van der Waals surface area contributed by atoms with Gasteiger partial charge in [-0.05, 0) is 24.3 Å². The molecule has 23 heavy (non-hydrogen) atoms. The number of sulfonamides is 2. The van der Waals surface area contributed by atoms with Gasteiger partial charge in [-0.1, -0.05) is 0 Å². The maximum Gasteiger partial charge on any atom is 0.240 e. The molecule has 0 radical (unpaired) electrons. The van der Waals surface area contributed by atoms with Crippen molar-refractivity contribution in [1.29, 1.82) is 0 Å². The van der Waals surface area contributed by atoms with Gasteiger partial charge in [0.05, 0.1) is 24.9 Å². The van der Waals surface area contributed by atoms with Crippen LogP contribution in [0.25, 0.3) is 0 Å². The van der Waals surface area contributed by atoms with Crippen molar-refractivity contribution in [2.45, 2.75) is 4.90 Å². The second-order valence-electron chi connectivity index (χ2n) is 4.73. The Morgan fingerprint density at radius 3 is 2.13 bits per heavy atom. The fraction of sp³-hybridized carbons (Fsp3) is 0.538. The Morgan fingerprint density at radius 2 is 1.65 bits per heavy atom. The summed E-state index contributed by atoms with van der Waals surface area (Å²) >= 11 is 0. The van der Waals surface area contributed by atoms with E-state index in [0.717, 1.165) is 10.6 Å². The topological polar surface area (TPSA) is 102 Å². The van der Waals surface area contributed by atoms with E-state index in [1.54, 1.807) is 0 Å². The first-order valence-electron chi connectivity index (χ1n) is 6.78. The van der Waals surface area contributed by atoms with E-state index in [2.05, 4.69) is 4.72 Å². The Bertz CT molecular complexity index is 686. The zero-order valence-electron chi connectivity index (χ0n) is 13.4. The molecule has 1 N–H and O–H groups in total. The monoisotopic (exact) mass is 366 g/mol. The van der Waals surface area contributed by atoms with E-state index in [-0.39, 0.29) is 31.1 Å². The number of benzene rings is 1. The lowest BCUT2D eigenvalue weighted by Crippen LogP contribution is -2.39. The molecule has 0 amide bonds. The van der Waals surface area contributed by atoms with E-state index < -0.39 is 20.0 Å². The Morgan fingerprint density at radius 1 is 1.04 bits per heavy atom. The van der Waals surface area contributed by atoms with Gasteiger partial charge in [0.25, 0.3) is 0 Å². The van der Waals surface area contributed by atoms with Gasteiger partial charge >= 0.3 is 0 Å². The van der Waals surface area contributed by atoms with Crippen molar-refractivity contribution >= 4 is 20.0 Å². The molecule has 0 aromatic heterocycles. The molecule has 0 spiro atoms. The van der Waals surface area contributed by atoms with Crippen molar-refractivity contribution < 1.29 is 26.3 Å². The standard InChI is InChI=1S/C13H22N2O6S2/c1-20-11-10-15(22(3,16)17)9-8-14-23(18,19)13-6-4-12(21-2)5-7-13/h4-7,14H,8-11H2,1-3H3. The molecule has 0 saturated heterocycles. The smallest absolute Gasteiger partial charge is 0.240 e. The third-order valence-electron chi connectivity index (χ3n) is 3.04. The average Bonchev–Trinajstić information content (AvgIpc) is 2.49. The van der Waals surface area contributed by atoms with Crippen LogP contribution in [0.15, 0.2) is 29.2 Å². The summed E-state index contributed by atoms with van der Waals surface area (Å²) in [5.74, 6) is 0.548. The number of ether oxygens (including phenoxy) is 2. The van der Waals surface area contributed by atoms with E-state index in [0.29, 0.717) is 5.75 Å². The molecule has 0 aliphatic heterocycles. The summed E-state index contributed by atoms with van der Waals surface area (Å²) in [7, 11) is -4.18. The first-order chi connectivity index (χ1) is 10.7. The zero-order chi connectivity index (χ0) is 17.5. The highest BCUT2D eigenvalue weighted by molar-refractivity contribution is 7.89. The van der Waals surface area contributed by atoms with E-state index in [4.69, 9.17) is 9.47 Å². The SMILES string of the molecule is COCCN(CCNS(=O)(=O)c1ccc(OC)cc1)S(C)(=O)=O. The number of nitrogens with one attached hydrogen (secondary N) is 1. The van der Waals surface area contributed by atoms with Gasteiger partial charge in [0.2, 0.25) is 20.0 Å². The molecule has 1 aromatic rings. The van der Waals surface area contributed by atoms with Crippen LogP contribution in [0.2, 0.25) is 0 Å². The Labute approximate surface area is 137 Å². The summed E-state index contributed by atoms with van der Waals surface area (Å²) in [5, 5.41) is 0. The summed E-state index contributed by atoms with van der Waals surface area (Å²) in [6.45, 7) is 0.390. The number of methoxy groups -OCH3 is 2. The zero-order valence-corrected chi connectivity index (χ0v) is 15.0. The molecule has 0 atom stereocenters. The molecule has 0 fully saturated rings. The molecule has 1 rings (SSSR count). The van der Waals surface area contributed by atoms with Crippen LogP contribution in [0.5, 0.6) is 5.75 Å². The molecule has 0 unspecified atom stereocenters. The number of hydrogen-bond acceptors (Lipinski definition) is 6. The predicted octanol–water partition coefficient (Wildman–Crippen LogP) is -0.118. The quantitative estimate of drug-likeness (QED) is 0.619. The van der Waals surface area contributed by atoms with Gasteiger partial charge in [0.1, 0.15) is 5.75 Å². The average molecular weight is 366 g/mol. The molecule has 132 valence electrons. The first-order valence-corrected chi connectivity index (χ1v) is 10.1. The molecule has 10 heteroatoms. The minimum atomic E-state index is -3.71. The van der Waals surface area contributed by atoms with Crippen LogP contribution in [0.1, 0.15) is 0 Å². The second kappa shape index (κ2) is 8.60. The fourth-order valence-corrected chi connectivity index (χ4v) is 3.63. The molecule has 0 bridgehead atoms. The molecule has 0 aliphatic carbocycles. The van der Waals surface area contributed by atoms with Gasteiger partial charge in [-0.15, -0.1) is 0 Å². The maximum atomic E-state index is 12.1. The number of nitrogens with zero attached hydrogens (tertiary/aromatic N) is 1. The van der Waals surface area contributed by atoms with Crippen LogP contribution < -0.4 is 9.46 Å². The molecule has 8 nitrogen and oxygen atoms in total. The molecule has 0 saturated carbocycles. The van der Waals surface area contributed by atoms with E-state index >= 15 is 0 Å². The molecule has 0 heterocycles. The summed E-state index contributed by atoms with van der Waals surface area (Å²) in [5.41, 5.74) is 0. The normalized spacial score (nSPS) is 12.5. The molecule has 0 aliphatic rings. The number of hydrogen-bond donors (Lipinski definition) is 1. The van der Waals surface area contributed by atoms with E-state index in [9.17, 15) is 16.8 Å². The van der Waals surface area contributed by atoms with Crippen molar-refractivity contribution in [3.63, 3.8) is 0 Å². The van der Waals surface area contributed by atoms with Crippen LogP contribution in [-0.2, 0) is 24.8 Å². The van der Waals surface area contributed by atoms with Crippen LogP contribution >= 0.6 is 0 Å². The summed E-state index contributed by atoms with van der Waals surface area (Å²) in [4.78, 5) is 0.0843. The van der Waals surface area contributed by atoms with E-state index in [1.165, 1.54) is 38.5 Å². The van der Waals surface area contributed by atoms with Gasteiger partial charge in [-0.3, -0.25) is 0 Å². The summed E-state index contributed by atoms with van der Waals surface area (Å²) in [6.07, 6.45) is 1.07. The highest BCUT2D eigenvalue weighted by Gasteiger charge is 2.18. The van der Waals surface area contributed by atoms with Gasteiger partial charge < -0.3 is 9.47 Å². The van der Waals surface area contributed by atoms with Gasteiger partial charge in [-0.2, -0.15) is 4.31 Å². The number of rotatable bonds is 10. The predicted molar refractivity (Wildman–Crippen MR) is 86.5 cm³/mol. The van der Waals surface area contributed by atoms with Crippen LogP contribution in [0, 0.1) is 0 Å². The lowest BCUT2D eigenvalue weighted by molar-refractivity contribution is 0.179. The lowest BCUT2D eigenvalue weighted by atomic mass is 10.3. The molecular weight excluding hydrogens is 344 g/mol. The van der Waals surface area contributed by atoms with Gasteiger partial charge in [-0.25, -0.2) is 21.6 Å². The highest BCUT2D eigenvalue weighted by Crippen LogP contribution is 2.15. The summed E-state index contributed by atoms with van der Waals surface area (Å²) < 4.78 is 60.8. The lowest BCUT2D eigenvalue weighted by Gasteiger charge is -2.19. The Balaban J connectivity index is 2.67. The third-order valence-corrected chi connectivity index (χ3v) is 5.82. The Kier molecular flexibility index (Phi) is 7.42. The van der Waals surface area contributed by atoms with Crippen LogP contribution in [-0.4, -0.2) is 67.9 Å². The van der Waals surface area contributed by atoms with Crippen molar-refractivity contribution in [3.05, 3.63) is 24.3 Å². The van der Waals surface area contributed by atoms with Crippen molar-refractivity contribution in [2.24, 2.45) is 0 Å². The van der Waals surface area contributed by atoms with Crippen molar-refractivity contribution in [3.8, 4) is 5.75 Å². The van der Waals surface area contributed by atoms with E-state index in [1.807, 2.05) is 0 Å². The summed E-state index contributed by atoms with van der Waals surface area (Å²) in [6, 6.07) is 5.91. The molecule has 1 aromatic carbocycles. The fourth-order valence-electron chi connectivity index (χ4n) is 1.78. The molecular formula is C13H22N2O6S2. The second-order valence-corrected chi connectivity index (χ2v) is 8.48. The largest absolute Gasteiger partial charge is 0.497 e. The third kappa shape index (κ3) is 6.43. The minimum absolute atomic E-state index is 0.0254. The Hall–Kier alpha value is -1.20. The highest BCUT2D eigenvalue weighted by atomic mass is 32.2. The first kappa shape index (κ1) is 19.8.